The maximum atomic E-state index is 3.74. The molecule has 1 aromatic carbocycles. The first-order valence-corrected chi connectivity index (χ1v) is 8.99. The molecule has 0 aliphatic carbocycles. The van der Waals surface area contributed by atoms with Crippen LogP contribution >= 0.6 is 27.3 Å². The molecule has 1 atom stereocenters. The van der Waals surface area contributed by atoms with Gasteiger partial charge in [-0.1, -0.05) is 51.1 Å². The Labute approximate surface area is 140 Å². The zero-order valence-corrected chi connectivity index (χ0v) is 15.6. The van der Waals surface area contributed by atoms with Gasteiger partial charge in [-0.25, -0.2) is 0 Å². The molecule has 0 radical (unpaired) electrons. The maximum Gasteiger partial charge on any atom is 0.0328 e. The molecule has 2 rings (SSSR count). The lowest BCUT2D eigenvalue weighted by molar-refractivity contribution is 0.310. The van der Waals surface area contributed by atoms with Crippen molar-refractivity contribution in [1.82, 2.24) is 5.32 Å². The molecule has 21 heavy (non-hydrogen) atoms. The topological polar surface area (TPSA) is 12.0 Å². The van der Waals surface area contributed by atoms with Crippen molar-refractivity contribution in [3.05, 3.63) is 56.2 Å². The van der Waals surface area contributed by atoms with Crippen LogP contribution in [-0.4, -0.2) is 0 Å². The van der Waals surface area contributed by atoms with Crippen molar-refractivity contribution in [1.29, 1.82) is 0 Å². The Hall–Kier alpha value is -0.640. The average Bonchev–Trinajstić information content (AvgIpc) is 2.73. The summed E-state index contributed by atoms with van der Waals surface area (Å²) in [4.78, 5) is 2.73. The minimum atomic E-state index is 0.305. The Kier molecular flexibility index (Phi) is 5.64. The van der Waals surface area contributed by atoms with Gasteiger partial charge in [-0.3, -0.25) is 0 Å². The van der Waals surface area contributed by atoms with Crippen LogP contribution in [0.15, 0.2) is 40.9 Å². The number of thiophene rings is 1. The molecule has 3 heteroatoms. The molecule has 0 aliphatic heterocycles. The van der Waals surface area contributed by atoms with Crippen molar-refractivity contribution >= 4 is 27.3 Å². The van der Waals surface area contributed by atoms with Crippen molar-refractivity contribution < 1.29 is 0 Å². The van der Waals surface area contributed by atoms with Crippen molar-refractivity contribution in [3.8, 4) is 0 Å². The minimum Gasteiger partial charge on any atom is -0.305 e. The lowest BCUT2D eigenvalue weighted by Crippen LogP contribution is -2.25. The molecule has 1 unspecified atom stereocenters. The zero-order valence-electron chi connectivity index (χ0n) is 13.2. The molecule has 0 saturated heterocycles. The van der Waals surface area contributed by atoms with Gasteiger partial charge in [-0.2, -0.15) is 0 Å². The van der Waals surface area contributed by atoms with Gasteiger partial charge in [0.1, 0.15) is 0 Å². The normalized spacial score (nSPS) is 13.4. The highest BCUT2D eigenvalue weighted by Gasteiger charge is 2.20. The molecule has 0 aliphatic rings. The van der Waals surface area contributed by atoms with Gasteiger partial charge in [0.2, 0.25) is 0 Å². The number of halogens is 1. The first-order valence-electron chi connectivity index (χ1n) is 7.38. The van der Waals surface area contributed by atoms with Crippen molar-refractivity contribution in [2.24, 2.45) is 5.41 Å². The van der Waals surface area contributed by atoms with Crippen molar-refractivity contribution in [2.45, 2.75) is 46.7 Å². The Morgan fingerprint density at radius 1 is 1.19 bits per heavy atom. The van der Waals surface area contributed by atoms with Gasteiger partial charge in [-0.15, -0.1) is 11.3 Å². The van der Waals surface area contributed by atoms with E-state index in [1.54, 1.807) is 0 Å². The first-order chi connectivity index (χ1) is 9.85. The first kappa shape index (κ1) is 16.7. The average molecular weight is 366 g/mol. The summed E-state index contributed by atoms with van der Waals surface area (Å²) in [6.07, 6.45) is 1.13. The second-order valence-corrected chi connectivity index (χ2v) is 8.92. The lowest BCUT2D eigenvalue weighted by atomic mass is 9.85. The summed E-state index contributed by atoms with van der Waals surface area (Å²) in [7, 11) is 0. The third-order valence-corrected chi connectivity index (χ3v) is 5.59. The Balaban J connectivity index is 2.09. The maximum absolute atomic E-state index is 3.74. The largest absolute Gasteiger partial charge is 0.305 e. The molecule has 1 aromatic heterocycles. The van der Waals surface area contributed by atoms with E-state index in [1.807, 2.05) is 11.3 Å². The number of nitrogens with one attached hydrogen (secondary N) is 1. The predicted molar refractivity (Wildman–Crippen MR) is 96.9 cm³/mol. The van der Waals surface area contributed by atoms with Crippen LogP contribution in [0.2, 0.25) is 0 Å². The summed E-state index contributed by atoms with van der Waals surface area (Å²) in [5.74, 6) is 0. The highest BCUT2D eigenvalue weighted by molar-refractivity contribution is 9.10. The fourth-order valence-corrected chi connectivity index (χ4v) is 3.99. The zero-order chi connectivity index (χ0) is 15.5. The molecule has 0 saturated carbocycles. The predicted octanol–water partition coefficient (Wildman–Crippen LogP) is 6.09. The quantitative estimate of drug-likeness (QED) is 0.676. The summed E-state index contributed by atoms with van der Waals surface area (Å²) in [5, 5.41) is 3.74. The Morgan fingerprint density at radius 3 is 2.38 bits per heavy atom. The third-order valence-electron chi connectivity index (χ3n) is 3.45. The molecule has 114 valence electrons. The van der Waals surface area contributed by atoms with Crippen molar-refractivity contribution in [2.75, 3.05) is 0 Å². The highest BCUT2D eigenvalue weighted by atomic mass is 79.9. The Bertz CT molecular complexity index is 549. The van der Waals surface area contributed by atoms with E-state index in [4.69, 9.17) is 0 Å². The van der Waals surface area contributed by atoms with Crippen LogP contribution in [-0.2, 0) is 6.54 Å². The van der Waals surface area contributed by atoms with Crippen LogP contribution < -0.4 is 5.32 Å². The second kappa shape index (κ2) is 7.08. The van der Waals surface area contributed by atoms with Gasteiger partial charge < -0.3 is 5.32 Å². The van der Waals surface area contributed by atoms with Crippen molar-refractivity contribution in [3.63, 3.8) is 0 Å². The Morgan fingerprint density at radius 2 is 1.86 bits per heavy atom. The number of aryl methyl sites for hydroxylation is 1. The minimum absolute atomic E-state index is 0.305. The van der Waals surface area contributed by atoms with Crippen LogP contribution in [0.4, 0.5) is 0 Å². The smallest absolute Gasteiger partial charge is 0.0328 e. The number of rotatable bonds is 5. The summed E-state index contributed by atoms with van der Waals surface area (Å²) >= 11 is 5.46. The van der Waals surface area contributed by atoms with Crippen LogP contribution in [0.1, 0.15) is 48.6 Å². The third kappa shape index (κ3) is 5.24. The van der Waals surface area contributed by atoms with E-state index in [0.717, 1.165) is 13.0 Å². The van der Waals surface area contributed by atoms with Gasteiger partial charge >= 0.3 is 0 Å². The van der Waals surface area contributed by atoms with E-state index in [-0.39, 0.29) is 0 Å². The van der Waals surface area contributed by atoms with Gasteiger partial charge in [0, 0.05) is 26.8 Å². The monoisotopic (exact) mass is 365 g/mol. The lowest BCUT2D eigenvalue weighted by Gasteiger charge is -2.27. The van der Waals surface area contributed by atoms with Crippen LogP contribution in [0.3, 0.4) is 0 Å². The van der Waals surface area contributed by atoms with E-state index >= 15 is 0 Å². The molecule has 1 N–H and O–H groups in total. The van der Waals surface area contributed by atoms with E-state index in [2.05, 4.69) is 85.3 Å². The van der Waals surface area contributed by atoms with Crippen LogP contribution in [0, 0.1) is 12.3 Å². The molecule has 1 heterocycles. The molecular formula is C18H24BrNS. The molecule has 0 fully saturated rings. The highest BCUT2D eigenvalue weighted by Crippen LogP contribution is 2.31. The van der Waals surface area contributed by atoms with Crippen LogP contribution in [0.25, 0.3) is 0 Å². The van der Waals surface area contributed by atoms with Crippen LogP contribution in [0.5, 0.6) is 0 Å². The fraction of sp³-hybridized carbons (Fsp3) is 0.444. The summed E-state index contributed by atoms with van der Waals surface area (Å²) < 4.78 is 1.22. The summed E-state index contributed by atoms with van der Waals surface area (Å²) in [6, 6.07) is 13.4. The molecule has 0 bridgehead atoms. The number of benzene rings is 1. The summed E-state index contributed by atoms with van der Waals surface area (Å²) in [5.41, 5.74) is 1.68. The van der Waals surface area contributed by atoms with Gasteiger partial charge in [0.25, 0.3) is 0 Å². The molecule has 0 amide bonds. The number of hydrogen-bond acceptors (Lipinski definition) is 2. The van der Waals surface area contributed by atoms with E-state index in [0.29, 0.717) is 11.5 Å². The van der Waals surface area contributed by atoms with Gasteiger partial charge in [-0.05, 0) is 46.3 Å². The molecule has 1 nitrogen and oxygen atoms in total. The van der Waals surface area contributed by atoms with E-state index in [1.165, 1.54) is 19.8 Å². The molecule has 2 aromatic rings. The summed E-state index contributed by atoms with van der Waals surface area (Å²) in [6.45, 7) is 9.98. The fourth-order valence-electron chi connectivity index (χ4n) is 2.43. The van der Waals surface area contributed by atoms with Gasteiger partial charge in [0.15, 0.2) is 0 Å². The number of hydrogen-bond donors (Lipinski definition) is 1. The van der Waals surface area contributed by atoms with Gasteiger partial charge in [0.05, 0.1) is 0 Å². The molecule has 0 spiro atoms. The van der Waals surface area contributed by atoms with E-state index < -0.39 is 0 Å². The standard InChI is InChI=1S/C18H24BrNS/c1-13-16(19)10-15(21-13)12-20-17(11-18(2,3)4)14-8-6-5-7-9-14/h5-10,17,20H,11-12H2,1-4H3. The SMILES string of the molecule is Cc1sc(CNC(CC(C)(C)C)c2ccccc2)cc1Br. The second-order valence-electron chi connectivity index (χ2n) is 6.73. The van der Waals surface area contributed by atoms with E-state index in [9.17, 15) is 0 Å². The molecular weight excluding hydrogens is 342 g/mol.